The molecule has 0 aliphatic carbocycles. The third kappa shape index (κ3) is 6.51. The number of piperidine rings is 1. The van der Waals surface area contributed by atoms with E-state index >= 15 is 0 Å². The number of anilines is 1. The van der Waals surface area contributed by atoms with Gasteiger partial charge in [-0.15, -0.1) is 0 Å². The second kappa shape index (κ2) is 11.7. The summed E-state index contributed by atoms with van der Waals surface area (Å²) < 4.78 is 16.3. The molecule has 2 aliphatic heterocycles. The van der Waals surface area contributed by atoms with Crippen molar-refractivity contribution in [3.63, 3.8) is 0 Å². The zero-order valence-corrected chi connectivity index (χ0v) is 20.0. The van der Waals surface area contributed by atoms with Crippen molar-refractivity contribution < 1.29 is 28.6 Å². The zero-order chi connectivity index (χ0) is 24.6. The van der Waals surface area contributed by atoms with Crippen LogP contribution in [-0.4, -0.2) is 75.5 Å². The van der Waals surface area contributed by atoms with Crippen LogP contribution in [-0.2, 0) is 9.59 Å². The van der Waals surface area contributed by atoms with Crippen LogP contribution in [0.1, 0.15) is 29.6 Å². The SMILES string of the molecule is COc1cccc(OCC(=O)c2ccc3c(c2)N(CC(=O)NCCN2CCCCC2)C(=O)CO3)c1. The predicted octanol–water partition coefficient (Wildman–Crippen LogP) is 2.28. The fourth-order valence-corrected chi connectivity index (χ4v) is 4.21. The summed E-state index contributed by atoms with van der Waals surface area (Å²) in [5.74, 6) is 0.749. The summed E-state index contributed by atoms with van der Waals surface area (Å²) in [6.45, 7) is 2.98. The molecule has 4 rings (SSSR count). The van der Waals surface area contributed by atoms with Gasteiger partial charge in [0.25, 0.3) is 5.91 Å². The Hall–Kier alpha value is -3.59. The van der Waals surface area contributed by atoms with Crippen LogP contribution in [0.2, 0.25) is 0 Å². The molecule has 2 heterocycles. The van der Waals surface area contributed by atoms with Crippen LogP contribution in [0.25, 0.3) is 0 Å². The number of carbonyl (C=O) groups is 3. The molecule has 0 bridgehead atoms. The van der Waals surface area contributed by atoms with Gasteiger partial charge >= 0.3 is 0 Å². The maximum atomic E-state index is 12.8. The molecule has 0 atom stereocenters. The highest BCUT2D eigenvalue weighted by Crippen LogP contribution is 2.33. The number of nitrogens with one attached hydrogen (secondary N) is 1. The minimum atomic E-state index is -0.332. The molecular weight excluding hydrogens is 450 g/mol. The lowest BCUT2D eigenvalue weighted by Crippen LogP contribution is -2.46. The average molecular weight is 482 g/mol. The van der Waals surface area contributed by atoms with Gasteiger partial charge in [-0.2, -0.15) is 0 Å². The molecule has 0 unspecified atom stereocenters. The molecule has 0 spiro atoms. The highest BCUT2D eigenvalue weighted by atomic mass is 16.5. The van der Waals surface area contributed by atoms with Gasteiger partial charge in [0.1, 0.15) is 23.8 Å². The van der Waals surface area contributed by atoms with Crippen LogP contribution >= 0.6 is 0 Å². The van der Waals surface area contributed by atoms with E-state index in [1.165, 1.54) is 24.2 Å². The molecule has 1 N–H and O–H groups in total. The maximum Gasteiger partial charge on any atom is 0.265 e. The molecule has 1 saturated heterocycles. The van der Waals surface area contributed by atoms with Crippen molar-refractivity contribution in [1.82, 2.24) is 10.2 Å². The fraction of sp³-hybridized carbons (Fsp3) is 0.423. The van der Waals surface area contributed by atoms with E-state index in [1.54, 1.807) is 49.6 Å². The summed E-state index contributed by atoms with van der Waals surface area (Å²) in [5, 5.41) is 2.90. The summed E-state index contributed by atoms with van der Waals surface area (Å²) in [7, 11) is 1.56. The largest absolute Gasteiger partial charge is 0.497 e. The standard InChI is InChI=1S/C26H31N3O6/c1-33-20-6-5-7-21(15-20)34-17-23(30)19-8-9-24-22(14-19)29(26(32)18-35-24)16-25(31)27-10-13-28-11-3-2-4-12-28/h5-9,14-15H,2-4,10-13,16-18H2,1H3,(H,27,31). The molecule has 2 aromatic carbocycles. The molecule has 186 valence electrons. The van der Waals surface area contributed by atoms with Gasteiger partial charge in [-0.25, -0.2) is 0 Å². The molecule has 2 amide bonds. The summed E-state index contributed by atoms with van der Waals surface area (Å²) in [6, 6.07) is 11.8. The Morgan fingerprint density at radius 3 is 2.66 bits per heavy atom. The first-order valence-corrected chi connectivity index (χ1v) is 11.9. The molecule has 9 nitrogen and oxygen atoms in total. The molecule has 2 aromatic rings. The monoisotopic (exact) mass is 481 g/mol. The van der Waals surface area contributed by atoms with Crippen molar-refractivity contribution in [3.05, 3.63) is 48.0 Å². The summed E-state index contributed by atoms with van der Waals surface area (Å²) in [4.78, 5) is 41.6. The molecule has 1 fully saturated rings. The molecule has 35 heavy (non-hydrogen) atoms. The van der Waals surface area contributed by atoms with Gasteiger partial charge in [-0.3, -0.25) is 19.3 Å². The minimum absolute atomic E-state index is 0.132. The molecule has 9 heteroatoms. The van der Waals surface area contributed by atoms with E-state index in [-0.39, 0.29) is 37.4 Å². The number of Topliss-reactive ketones (excluding diaryl/α,β-unsaturated/α-hetero) is 1. The van der Waals surface area contributed by atoms with Crippen LogP contribution in [0, 0.1) is 0 Å². The number of rotatable bonds is 10. The zero-order valence-electron chi connectivity index (χ0n) is 20.0. The molecule has 0 aromatic heterocycles. The number of ketones is 1. The number of benzene rings is 2. The highest BCUT2D eigenvalue weighted by Gasteiger charge is 2.28. The van der Waals surface area contributed by atoms with Crippen LogP contribution < -0.4 is 24.4 Å². The lowest BCUT2D eigenvalue weighted by Gasteiger charge is -2.29. The van der Waals surface area contributed by atoms with E-state index in [2.05, 4.69) is 10.2 Å². The van der Waals surface area contributed by atoms with Gasteiger partial charge in [-0.05, 0) is 56.3 Å². The lowest BCUT2D eigenvalue weighted by molar-refractivity contribution is -0.125. The summed E-state index contributed by atoms with van der Waals surface area (Å²) in [5.41, 5.74) is 0.764. The van der Waals surface area contributed by atoms with E-state index in [1.807, 2.05) is 0 Å². The molecule has 0 radical (unpaired) electrons. The minimum Gasteiger partial charge on any atom is -0.497 e. The maximum absolute atomic E-state index is 12.8. The van der Waals surface area contributed by atoms with E-state index < -0.39 is 0 Å². The number of hydrogen-bond donors (Lipinski definition) is 1. The Morgan fingerprint density at radius 2 is 1.86 bits per heavy atom. The number of methoxy groups -OCH3 is 1. The van der Waals surface area contributed by atoms with Crippen molar-refractivity contribution in [2.75, 3.05) is 57.9 Å². The van der Waals surface area contributed by atoms with Gasteiger partial charge in [0.2, 0.25) is 5.91 Å². The van der Waals surface area contributed by atoms with Crippen molar-refractivity contribution in [1.29, 1.82) is 0 Å². The number of amides is 2. The van der Waals surface area contributed by atoms with E-state index in [0.717, 1.165) is 19.6 Å². The van der Waals surface area contributed by atoms with Gasteiger partial charge in [0, 0.05) is 24.7 Å². The van der Waals surface area contributed by atoms with E-state index in [4.69, 9.17) is 14.2 Å². The quantitative estimate of drug-likeness (QED) is 0.520. The Labute approximate surface area is 204 Å². The number of likely N-dealkylation sites (tertiary alicyclic amines) is 1. The van der Waals surface area contributed by atoms with Gasteiger partial charge in [0.15, 0.2) is 19.0 Å². The second-order valence-electron chi connectivity index (χ2n) is 8.59. The number of carbonyl (C=O) groups excluding carboxylic acids is 3. The second-order valence-corrected chi connectivity index (χ2v) is 8.59. The molecular formula is C26H31N3O6. The first-order chi connectivity index (χ1) is 17.0. The van der Waals surface area contributed by atoms with Crippen molar-refractivity contribution >= 4 is 23.3 Å². The third-order valence-corrected chi connectivity index (χ3v) is 6.14. The van der Waals surface area contributed by atoms with Crippen LogP contribution in [0.5, 0.6) is 17.2 Å². The average Bonchev–Trinajstić information content (AvgIpc) is 2.89. The van der Waals surface area contributed by atoms with E-state index in [0.29, 0.717) is 35.0 Å². The summed E-state index contributed by atoms with van der Waals surface area (Å²) in [6.07, 6.45) is 3.65. The normalized spacial score (nSPS) is 15.7. The predicted molar refractivity (Wildman–Crippen MR) is 130 cm³/mol. The first kappa shape index (κ1) is 24.5. The summed E-state index contributed by atoms with van der Waals surface area (Å²) >= 11 is 0. The Bertz CT molecular complexity index is 1070. The van der Waals surface area contributed by atoms with Gasteiger partial charge < -0.3 is 24.4 Å². The first-order valence-electron chi connectivity index (χ1n) is 11.9. The lowest BCUT2D eigenvalue weighted by atomic mass is 10.1. The Kier molecular flexibility index (Phi) is 8.20. The molecule has 2 aliphatic rings. The molecule has 0 saturated carbocycles. The highest BCUT2D eigenvalue weighted by molar-refractivity contribution is 6.04. The van der Waals surface area contributed by atoms with Gasteiger partial charge in [0.05, 0.1) is 12.8 Å². The Morgan fingerprint density at radius 1 is 1.06 bits per heavy atom. The number of nitrogens with zero attached hydrogens (tertiary/aromatic N) is 2. The number of fused-ring (bicyclic) bond motifs is 1. The van der Waals surface area contributed by atoms with Gasteiger partial charge in [-0.1, -0.05) is 12.5 Å². The smallest absolute Gasteiger partial charge is 0.265 e. The van der Waals surface area contributed by atoms with Crippen LogP contribution in [0.3, 0.4) is 0 Å². The topological polar surface area (TPSA) is 97.4 Å². The third-order valence-electron chi connectivity index (χ3n) is 6.14. The van der Waals surface area contributed by atoms with Crippen molar-refractivity contribution in [3.8, 4) is 17.2 Å². The van der Waals surface area contributed by atoms with Crippen LogP contribution in [0.15, 0.2) is 42.5 Å². The van der Waals surface area contributed by atoms with E-state index in [9.17, 15) is 14.4 Å². The fourth-order valence-electron chi connectivity index (χ4n) is 4.21. The number of ether oxygens (including phenoxy) is 3. The van der Waals surface area contributed by atoms with Crippen molar-refractivity contribution in [2.24, 2.45) is 0 Å². The van der Waals surface area contributed by atoms with Crippen molar-refractivity contribution in [2.45, 2.75) is 19.3 Å². The Balaban J connectivity index is 1.37. The number of hydrogen-bond acceptors (Lipinski definition) is 7. The van der Waals surface area contributed by atoms with Crippen LogP contribution in [0.4, 0.5) is 5.69 Å².